The van der Waals surface area contributed by atoms with Crippen molar-refractivity contribution >= 4 is 21.6 Å². The van der Waals surface area contributed by atoms with Gasteiger partial charge in [0.05, 0.1) is 4.90 Å². The normalized spacial score (nSPS) is 12.4. The molecule has 4 N–H and O–H groups in total. The summed E-state index contributed by atoms with van der Waals surface area (Å²) in [5.74, 6) is -0.396. The maximum Gasteiger partial charge on any atom is 0.240 e. The van der Waals surface area contributed by atoms with E-state index >= 15 is 0 Å². The number of carbonyl (C=O) groups excluding carboxylic acids is 1. The summed E-state index contributed by atoms with van der Waals surface area (Å²) in [5, 5.41) is 3.15. The molecule has 0 radical (unpaired) electrons. The molecule has 118 valence electrons. The second-order valence-corrected chi connectivity index (χ2v) is 7.67. The Labute approximate surface area is 126 Å². The lowest BCUT2D eigenvalue weighted by atomic mass is 10.00. The summed E-state index contributed by atoms with van der Waals surface area (Å²) in [6.45, 7) is 7.23. The molecule has 0 saturated carbocycles. The molecule has 6 nitrogen and oxygen atoms in total. The summed E-state index contributed by atoms with van der Waals surface area (Å²) in [4.78, 5) is 11.2. The number of benzene rings is 1. The molecule has 1 aromatic carbocycles. The molecule has 21 heavy (non-hydrogen) atoms. The molecule has 7 heteroatoms. The van der Waals surface area contributed by atoms with Gasteiger partial charge in [0.15, 0.2) is 0 Å². The number of primary amides is 1. The summed E-state index contributed by atoms with van der Waals surface area (Å²) in [7, 11) is -3.49. The standard InChI is InChI=1S/C14H23N3O3S/c1-10(2)17-21(19,20)12-7-5-11(6-8-12)16-14(3,4)9-13(15)18/h5-8,10,16-17H,9H2,1-4H3,(H2,15,18). The van der Waals surface area contributed by atoms with E-state index in [9.17, 15) is 13.2 Å². The molecule has 0 heterocycles. The third-order valence-corrected chi connectivity index (χ3v) is 4.33. The molecule has 0 aliphatic heterocycles. The summed E-state index contributed by atoms with van der Waals surface area (Å²) in [6, 6.07) is 6.21. The molecule has 0 fully saturated rings. The van der Waals surface area contributed by atoms with E-state index in [1.807, 2.05) is 13.8 Å². The first kappa shape index (κ1) is 17.5. The van der Waals surface area contributed by atoms with Crippen molar-refractivity contribution in [3.63, 3.8) is 0 Å². The Morgan fingerprint density at radius 1 is 1.24 bits per heavy atom. The van der Waals surface area contributed by atoms with Crippen molar-refractivity contribution in [2.24, 2.45) is 5.73 Å². The molecule has 0 aliphatic carbocycles. The van der Waals surface area contributed by atoms with Crippen LogP contribution in [0.25, 0.3) is 0 Å². The molecule has 0 bridgehead atoms. The van der Waals surface area contributed by atoms with Gasteiger partial charge in [0.25, 0.3) is 0 Å². The molecular weight excluding hydrogens is 290 g/mol. The van der Waals surface area contributed by atoms with Crippen LogP contribution < -0.4 is 15.8 Å². The quantitative estimate of drug-likeness (QED) is 0.709. The van der Waals surface area contributed by atoms with Crippen molar-refractivity contribution in [2.45, 2.75) is 50.6 Å². The first-order valence-corrected chi connectivity index (χ1v) is 8.19. The van der Waals surface area contributed by atoms with Gasteiger partial charge in [0.1, 0.15) is 0 Å². The van der Waals surface area contributed by atoms with E-state index in [1.165, 1.54) is 12.1 Å². The molecule has 1 amide bonds. The molecule has 0 aromatic heterocycles. The number of hydrogen-bond acceptors (Lipinski definition) is 4. The zero-order valence-electron chi connectivity index (χ0n) is 12.8. The van der Waals surface area contributed by atoms with Crippen LogP contribution >= 0.6 is 0 Å². The fourth-order valence-electron chi connectivity index (χ4n) is 1.97. The van der Waals surface area contributed by atoms with Crippen LogP contribution in [0.2, 0.25) is 0 Å². The number of nitrogens with one attached hydrogen (secondary N) is 2. The Bertz CT molecular complexity index is 592. The summed E-state index contributed by atoms with van der Waals surface area (Å²) >= 11 is 0. The summed E-state index contributed by atoms with van der Waals surface area (Å²) in [5.41, 5.74) is 5.42. The molecule has 0 aliphatic rings. The van der Waals surface area contributed by atoms with Crippen LogP contribution in [0.3, 0.4) is 0 Å². The number of nitrogens with two attached hydrogens (primary N) is 1. The molecule has 1 aromatic rings. The Morgan fingerprint density at radius 3 is 2.19 bits per heavy atom. The van der Waals surface area contributed by atoms with E-state index in [4.69, 9.17) is 5.73 Å². The van der Waals surface area contributed by atoms with Gasteiger partial charge in [-0.3, -0.25) is 4.79 Å². The Kier molecular flexibility index (Phi) is 5.36. The van der Waals surface area contributed by atoms with Gasteiger partial charge in [0, 0.05) is 23.7 Å². The smallest absolute Gasteiger partial charge is 0.240 e. The highest BCUT2D eigenvalue weighted by Gasteiger charge is 2.21. The Balaban J connectivity index is 2.86. The SMILES string of the molecule is CC(C)NS(=O)(=O)c1ccc(NC(C)(C)CC(N)=O)cc1. The van der Waals surface area contributed by atoms with Crippen LogP contribution in [0, 0.1) is 0 Å². The highest BCUT2D eigenvalue weighted by atomic mass is 32.2. The van der Waals surface area contributed by atoms with Crippen LogP contribution in [0.15, 0.2) is 29.2 Å². The minimum absolute atomic E-state index is 0.165. The number of amides is 1. The lowest BCUT2D eigenvalue weighted by molar-refractivity contribution is -0.118. The van der Waals surface area contributed by atoms with E-state index in [0.29, 0.717) is 0 Å². The van der Waals surface area contributed by atoms with Crippen LogP contribution in [-0.2, 0) is 14.8 Å². The zero-order chi connectivity index (χ0) is 16.3. The lowest BCUT2D eigenvalue weighted by Gasteiger charge is -2.26. The van der Waals surface area contributed by atoms with Crippen LogP contribution in [0.4, 0.5) is 5.69 Å². The van der Waals surface area contributed by atoms with E-state index < -0.39 is 21.5 Å². The molecule has 0 saturated heterocycles. The van der Waals surface area contributed by atoms with Crippen LogP contribution in [0.5, 0.6) is 0 Å². The molecule has 0 spiro atoms. The van der Waals surface area contributed by atoms with Crippen molar-refractivity contribution in [2.75, 3.05) is 5.32 Å². The Hall–Kier alpha value is -1.60. The van der Waals surface area contributed by atoms with Crippen molar-refractivity contribution in [1.29, 1.82) is 0 Å². The topological polar surface area (TPSA) is 101 Å². The van der Waals surface area contributed by atoms with Gasteiger partial charge in [-0.2, -0.15) is 0 Å². The molecule has 0 unspecified atom stereocenters. The Morgan fingerprint density at radius 2 is 1.76 bits per heavy atom. The number of rotatable bonds is 7. The predicted molar refractivity (Wildman–Crippen MR) is 83.4 cm³/mol. The number of hydrogen-bond donors (Lipinski definition) is 3. The average molecular weight is 313 g/mol. The van der Waals surface area contributed by atoms with Gasteiger partial charge in [0.2, 0.25) is 15.9 Å². The van der Waals surface area contributed by atoms with Gasteiger partial charge in [-0.25, -0.2) is 13.1 Å². The van der Waals surface area contributed by atoms with Gasteiger partial charge in [-0.1, -0.05) is 0 Å². The predicted octanol–water partition coefficient (Wildman–Crippen LogP) is 1.44. The first-order chi connectivity index (χ1) is 9.52. The zero-order valence-corrected chi connectivity index (χ0v) is 13.6. The van der Waals surface area contributed by atoms with Crippen molar-refractivity contribution < 1.29 is 13.2 Å². The minimum atomic E-state index is -3.49. The van der Waals surface area contributed by atoms with E-state index in [1.54, 1.807) is 26.0 Å². The van der Waals surface area contributed by atoms with Crippen LogP contribution in [0.1, 0.15) is 34.1 Å². The van der Waals surface area contributed by atoms with Crippen molar-refractivity contribution in [1.82, 2.24) is 4.72 Å². The third-order valence-electron chi connectivity index (χ3n) is 2.65. The number of carbonyl (C=O) groups is 1. The highest BCUT2D eigenvalue weighted by molar-refractivity contribution is 7.89. The van der Waals surface area contributed by atoms with E-state index in [2.05, 4.69) is 10.0 Å². The monoisotopic (exact) mass is 313 g/mol. The van der Waals surface area contributed by atoms with Gasteiger partial charge < -0.3 is 11.1 Å². The number of anilines is 1. The van der Waals surface area contributed by atoms with E-state index in [0.717, 1.165) is 5.69 Å². The van der Waals surface area contributed by atoms with Gasteiger partial charge in [-0.15, -0.1) is 0 Å². The maximum atomic E-state index is 12.0. The molecule has 1 rings (SSSR count). The first-order valence-electron chi connectivity index (χ1n) is 6.71. The average Bonchev–Trinajstić information content (AvgIpc) is 2.25. The summed E-state index contributed by atoms with van der Waals surface area (Å²) in [6.07, 6.45) is 0.182. The van der Waals surface area contributed by atoms with Crippen LogP contribution in [-0.4, -0.2) is 25.9 Å². The fourth-order valence-corrected chi connectivity index (χ4v) is 3.22. The van der Waals surface area contributed by atoms with Crippen molar-refractivity contribution in [3.8, 4) is 0 Å². The van der Waals surface area contributed by atoms with Crippen molar-refractivity contribution in [3.05, 3.63) is 24.3 Å². The van der Waals surface area contributed by atoms with E-state index in [-0.39, 0.29) is 17.4 Å². The summed E-state index contributed by atoms with van der Waals surface area (Å²) < 4.78 is 26.5. The number of sulfonamides is 1. The molecule has 0 atom stereocenters. The second kappa shape index (κ2) is 6.44. The minimum Gasteiger partial charge on any atom is -0.380 e. The maximum absolute atomic E-state index is 12.0. The largest absolute Gasteiger partial charge is 0.380 e. The van der Waals surface area contributed by atoms with Gasteiger partial charge in [-0.05, 0) is 52.0 Å². The third kappa shape index (κ3) is 5.73. The fraction of sp³-hybridized carbons (Fsp3) is 0.500. The highest BCUT2D eigenvalue weighted by Crippen LogP contribution is 2.20. The molecular formula is C14H23N3O3S. The lowest BCUT2D eigenvalue weighted by Crippen LogP contribution is -2.36. The van der Waals surface area contributed by atoms with Gasteiger partial charge >= 0.3 is 0 Å². The second-order valence-electron chi connectivity index (χ2n) is 5.95.